The van der Waals surface area contributed by atoms with E-state index in [1.165, 1.54) is 0 Å². The molecular weight excluding hydrogens is 426 g/mol. The summed E-state index contributed by atoms with van der Waals surface area (Å²) >= 11 is 6.39. The SMILES string of the molecule is Cn1ccc(NC(=O)C(CC2CCOCC2)c2ccc(S(=O)(=O)C3CC3)c(Cl)c2)n1. The average molecular weight is 452 g/mol. The number of aryl methyl sites for hydroxylation is 1. The summed E-state index contributed by atoms with van der Waals surface area (Å²) in [6, 6.07) is 6.65. The molecule has 1 unspecified atom stereocenters. The first-order valence-electron chi connectivity index (χ1n) is 10.3. The fourth-order valence-corrected chi connectivity index (χ4v) is 6.14. The van der Waals surface area contributed by atoms with Gasteiger partial charge in [0.2, 0.25) is 5.91 Å². The fourth-order valence-electron chi connectivity index (χ4n) is 3.93. The largest absolute Gasteiger partial charge is 0.381 e. The Bertz CT molecular complexity index is 1030. The summed E-state index contributed by atoms with van der Waals surface area (Å²) < 4.78 is 32.3. The summed E-state index contributed by atoms with van der Waals surface area (Å²) in [5.41, 5.74) is 0.717. The van der Waals surface area contributed by atoms with Crippen molar-refractivity contribution in [1.29, 1.82) is 0 Å². The number of carbonyl (C=O) groups excluding carboxylic acids is 1. The third-order valence-electron chi connectivity index (χ3n) is 5.82. The number of amides is 1. The molecular formula is C21H26ClN3O4S. The van der Waals surface area contributed by atoms with E-state index in [1.54, 1.807) is 42.2 Å². The molecule has 1 saturated carbocycles. The number of carbonyl (C=O) groups is 1. The van der Waals surface area contributed by atoms with Gasteiger partial charge in [0.05, 0.1) is 21.1 Å². The standard InChI is InChI=1S/C21H26ClN3O4S/c1-25-9-6-20(24-25)23-21(26)17(12-14-7-10-29-11-8-14)15-2-5-19(18(22)13-15)30(27,28)16-3-4-16/h2,5-6,9,13-14,16-17H,3-4,7-8,10-12H2,1H3,(H,23,24,26). The van der Waals surface area contributed by atoms with Crippen molar-refractivity contribution in [2.75, 3.05) is 18.5 Å². The fraction of sp³-hybridized carbons (Fsp3) is 0.524. The number of halogens is 1. The number of nitrogens with one attached hydrogen (secondary N) is 1. The van der Waals surface area contributed by atoms with E-state index in [-0.39, 0.29) is 21.1 Å². The monoisotopic (exact) mass is 451 g/mol. The van der Waals surface area contributed by atoms with Crippen LogP contribution in [-0.4, -0.2) is 42.6 Å². The molecule has 1 N–H and O–H groups in total. The van der Waals surface area contributed by atoms with Gasteiger partial charge in [-0.15, -0.1) is 0 Å². The van der Waals surface area contributed by atoms with Gasteiger partial charge < -0.3 is 10.1 Å². The molecule has 2 fully saturated rings. The van der Waals surface area contributed by atoms with Gasteiger partial charge in [-0.3, -0.25) is 9.48 Å². The number of sulfone groups is 1. The molecule has 9 heteroatoms. The predicted octanol–water partition coefficient (Wildman–Crippen LogP) is 3.55. The van der Waals surface area contributed by atoms with Crippen molar-refractivity contribution < 1.29 is 17.9 Å². The van der Waals surface area contributed by atoms with Crippen LogP contribution in [0.1, 0.15) is 43.6 Å². The molecule has 1 aliphatic heterocycles. The quantitative estimate of drug-likeness (QED) is 0.695. The van der Waals surface area contributed by atoms with Crippen LogP contribution in [0.3, 0.4) is 0 Å². The molecule has 2 aromatic rings. The van der Waals surface area contributed by atoms with Gasteiger partial charge in [-0.2, -0.15) is 5.10 Å². The predicted molar refractivity (Wildman–Crippen MR) is 114 cm³/mol. The Hall–Kier alpha value is -1.90. The van der Waals surface area contributed by atoms with Gasteiger partial charge in [-0.05, 0) is 55.7 Å². The van der Waals surface area contributed by atoms with Crippen molar-refractivity contribution in [2.24, 2.45) is 13.0 Å². The minimum absolute atomic E-state index is 0.158. The highest BCUT2D eigenvalue weighted by atomic mass is 35.5. The van der Waals surface area contributed by atoms with Crippen LogP contribution in [0.5, 0.6) is 0 Å². The van der Waals surface area contributed by atoms with Gasteiger partial charge in [0, 0.05) is 32.5 Å². The maximum Gasteiger partial charge on any atom is 0.233 e. The lowest BCUT2D eigenvalue weighted by Crippen LogP contribution is -2.26. The second kappa shape index (κ2) is 8.69. The molecule has 4 rings (SSSR count). The van der Waals surface area contributed by atoms with E-state index in [0.29, 0.717) is 44.2 Å². The first-order valence-corrected chi connectivity index (χ1v) is 12.2. The Morgan fingerprint density at radius 1 is 1.27 bits per heavy atom. The van der Waals surface area contributed by atoms with E-state index in [2.05, 4.69) is 10.4 Å². The van der Waals surface area contributed by atoms with Crippen LogP contribution >= 0.6 is 11.6 Å². The summed E-state index contributed by atoms with van der Waals surface area (Å²) in [7, 11) is -1.61. The lowest BCUT2D eigenvalue weighted by Gasteiger charge is -2.26. The van der Waals surface area contributed by atoms with Gasteiger partial charge in [-0.1, -0.05) is 17.7 Å². The molecule has 2 aliphatic rings. The highest BCUT2D eigenvalue weighted by Crippen LogP contribution is 2.38. The number of hydrogen-bond donors (Lipinski definition) is 1. The van der Waals surface area contributed by atoms with Gasteiger partial charge >= 0.3 is 0 Å². The van der Waals surface area contributed by atoms with E-state index in [4.69, 9.17) is 16.3 Å². The van der Waals surface area contributed by atoms with Gasteiger partial charge in [-0.25, -0.2) is 8.42 Å². The Morgan fingerprint density at radius 2 is 2.00 bits per heavy atom. The number of aromatic nitrogens is 2. The molecule has 1 aromatic heterocycles. The van der Waals surface area contributed by atoms with E-state index >= 15 is 0 Å². The van der Waals surface area contributed by atoms with Crippen molar-refractivity contribution in [1.82, 2.24) is 9.78 Å². The lowest BCUT2D eigenvalue weighted by atomic mass is 9.84. The molecule has 0 bridgehead atoms. The molecule has 30 heavy (non-hydrogen) atoms. The van der Waals surface area contributed by atoms with Crippen LogP contribution in [0.15, 0.2) is 35.4 Å². The summed E-state index contributed by atoms with van der Waals surface area (Å²) in [5.74, 6) is 0.213. The van der Waals surface area contributed by atoms with Crippen molar-refractivity contribution in [3.8, 4) is 0 Å². The van der Waals surface area contributed by atoms with Gasteiger partial charge in [0.15, 0.2) is 15.7 Å². The molecule has 1 amide bonds. The maximum absolute atomic E-state index is 13.2. The molecule has 1 aliphatic carbocycles. The topological polar surface area (TPSA) is 90.3 Å². The Labute approximate surface area is 181 Å². The maximum atomic E-state index is 13.2. The number of hydrogen-bond acceptors (Lipinski definition) is 5. The van der Waals surface area contributed by atoms with Crippen LogP contribution in [0.4, 0.5) is 5.82 Å². The van der Waals surface area contributed by atoms with Crippen molar-refractivity contribution >= 4 is 33.2 Å². The molecule has 162 valence electrons. The summed E-state index contributed by atoms with van der Waals surface area (Å²) in [4.78, 5) is 13.3. The first kappa shape index (κ1) is 21.3. The number of ether oxygens (including phenoxy) is 1. The van der Waals surface area contributed by atoms with E-state index in [0.717, 1.165) is 18.4 Å². The van der Waals surface area contributed by atoms with Crippen LogP contribution in [0, 0.1) is 5.92 Å². The molecule has 1 aromatic carbocycles. The van der Waals surface area contributed by atoms with E-state index < -0.39 is 15.8 Å². The van der Waals surface area contributed by atoms with Crippen molar-refractivity contribution in [3.05, 3.63) is 41.0 Å². The zero-order valence-electron chi connectivity index (χ0n) is 16.9. The Balaban J connectivity index is 1.60. The molecule has 0 spiro atoms. The Morgan fingerprint density at radius 3 is 2.60 bits per heavy atom. The molecule has 0 radical (unpaired) electrons. The number of benzene rings is 1. The average Bonchev–Trinajstić information content (AvgIpc) is 3.50. The third kappa shape index (κ3) is 4.71. The molecule has 7 nitrogen and oxygen atoms in total. The molecule has 1 saturated heterocycles. The second-order valence-electron chi connectivity index (χ2n) is 8.14. The van der Waals surface area contributed by atoms with E-state index in [1.807, 2.05) is 0 Å². The smallest absolute Gasteiger partial charge is 0.233 e. The minimum Gasteiger partial charge on any atom is -0.381 e. The lowest BCUT2D eigenvalue weighted by molar-refractivity contribution is -0.118. The van der Waals surface area contributed by atoms with Crippen LogP contribution in [-0.2, 0) is 26.4 Å². The van der Waals surface area contributed by atoms with Crippen LogP contribution < -0.4 is 5.32 Å². The van der Waals surface area contributed by atoms with Gasteiger partial charge in [0.25, 0.3) is 0 Å². The minimum atomic E-state index is -3.39. The summed E-state index contributed by atoms with van der Waals surface area (Å²) in [6.07, 6.45) is 5.56. The van der Waals surface area contributed by atoms with E-state index in [9.17, 15) is 13.2 Å². The number of anilines is 1. The second-order valence-corrected chi connectivity index (χ2v) is 10.7. The number of nitrogens with zero attached hydrogens (tertiary/aromatic N) is 2. The van der Waals surface area contributed by atoms with Gasteiger partial charge in [0.1, 0.15) is 0 Å². The molecule has 2 heterocycles. The summed E-state index contributed by atoms with van der Waals surface area (Å²) in [5, 5.41) is 6.96. The molecule has 1 atom stereocenters. The zero-order valence-corrected chi connectivity index (χ0v) is 18.5. The Kier molecular flexibility index (Phi) is 6.18. The zero-order chi connectivity index (χ0) is 21.3. The van der Waals surface area contributed by atoms with Crippen molar-refractivity contribution in [3.63, 3.8) is 0 Å². The van der Waals surface area contributed by atoms with Crippen LogP contribution in [0.25, 0.3) is 0 Å². The highest BCUT2D eigenvalue weighted by molar-refractivity contribution is 7.92. The normalized spacial score (nSPS) is 18.9. The highest BCUT2D eigenvalue weighted by Gasteiger charge is 2.38. The third-order valence-corrected chi connectivity index (χ3v) is 8.56. The first-order chi connectivity index (χ1) is 14.3. The van der Waals surface area contributed by atoms with Crippen molar-refractivity contribution in [2.45, 2.75) is 48.2 Å². The van der Waals surface area contributed by atoms with Crippen LogP contribution in [0.2, 0.25) is 5.02 Å². The summed E-state index contributed by atoms with van der Waals surface area (Å²) in [6.45, 7) is 1.39. The number of rotatable bonds is 7.